The molecule has 6 amide bonds. The van der Waals surface area contributed by atoms with Gasteiger partial charge >= 0.3 is 25.1 Å². The minimum absolute atomic E-state index is 0.0372. The van der Waals surface area contributed by atoms with E-state index in [1.54, 1.807) is 0 Å². The summed E-state index contributed by atoms with van der Waals surface area (Å²) in [7, 11) is -6.45. The summed E-state index contributed by atoms with van der Waals surface area (Å²) in [5, 5.41) is 55.2. The van der Waals surface area contributed by atoms with Gasteiger partial charge in [-0.15, -0.1) is 0 Å². The van der Waals surface area contributed by atoms with Crippen molar-refractivity contribution in [2.75, 3.05) is 25.4 Å². The number of imide groups is 1. The number of benzene rings is 3. The number of carboxylic acids is 1. The zero-order valence-electron chi connectivity index (χ0n) is 26.7. The fourth-order valence-electron chi connectivity index (χ4n) is 5.43. The van der Waals surface area contributed by atoms with E-state index in [-0.39, 0.29) is 23.3 Å². The van der Waals surface area contributed by atoms with Crippen molar-refractivity contribution < 1.29 is 71.3 Å². The Balaban J connectivity index is 1.33. The normalized spacial score (nSPS) is 16.0. The molecule has 1 fully saturated rings. The molecule has 0 spiro atoms. The van der Waals surface area contributed by atoms with Crippen LogP contribution in [0.1, 0.15) is 37.9 Å². The lowest BCUT2D eigenvalue weighted by molar-refractivity contribution is -0.123. The molecule has 0 aliphatic carbocycles. The zero-order valence-corrected chi connectivity index (χ0v) is 28.3. The highest BCUT2D eigenvalue weighted by Gasteiger charge is 2.43. The number of phenolic OH excluding ortho intramolecular Hbond substituents is 3. The predicted octanol–water partition coefficient (Wildman–Crippen LogP) is 0.821. The number of hydrogen-bond acceptors (Lipinski definition) is 12. The van der Waals surface area contributed by atoms with E-state index in [2.05, 4.69) is 16.0 Å². The molecule has 23 heteroatoms. The van der Waals surface area contributed by atoms with Crippen molar-refractivity contribution in [3.8, 4) is 23.0 Å². The highest BCUT2D eigenvalue weighted by atomic mass is 35.5. The molecule has 8 N–H and O–H groups in total. The van der Waals surface area contributed by atoms with Crippen molar-refractivity contribution in [1.29, 1.82) is 0 Å². The summed E-state index contributed by atoms with van der Waals surface area (Å²) >= 11 is 6.10. The Labute approximate surface area is 302 Å². The lowest BCUT2D eigenvalue weighted by Gasteiger charge is -2.31. The summed E-state index contributed by atoms with van der Waals surface area (Å²) in [5.41, 5.74) is -1.41. The van der Waals surface area contributed by atoms with E-state index in [1.165, 1.54) is 24.3 Å². The van der Waals surface area contributed by atoms with Gasteiger partial charge in [-0.05, 0) is 48.4 Å². The quantitative estimate of drug-likeness (QED) is 0.105. The van der Waals surface area contributed by atoms with E-state index in [4.69, 9.17) is 16.3 Å². The molecule has 2 aliphatic heterocycles. The summed E-state index contributed by atoms with van der Waals surface area (Å²) in [5.74, 6) is -11.7. The van der Waals surface area contributed by atoms with Crippen molar-refractivity contribution in [2.24, 2.45) is 0 Å². The standard InChI is InChI=1S/C30H27BClF2N5O13S/c32-21-16(12-18(34)23(41)24(21)42)22(27(44)36-19-11-14-3-6-17(33)20(28(45)46)25(14)52-31(19)49)37-29(47)38-8-9-39(30(38)48)53(50,51)10-7-35-26(43)13-1-4-15(40)5-2-13/h1-6,12,19,22,40-42,49H,7-11H2,(H,35,43)(H,36,44)(H,37,47)(H,45,46)/t19-,22+/m0/s1. The Morgan fingerprint density at radius 3 is 2.36 bits per heavy atom. The fourth-order valence-corrected chi connectivity index (χ4v) is 6.96. The number of amides is 6. The number of aromatic hydroxyl groups is 3. The molecule has 1 saturated heterocycles. The molecule has 280 valence electrons. The van der Waals surface area contributed by atoms with Crippen molar-refractivity contribution in [1.82, 2.24) is 25.2 Å². The number of hydrogen-bond donors (Lipinski definition) is 8. The van der Waals surface area contributed by atoms with E-state index in [1.807, 2.05) is 0 Å². The van der Waals surface area contributed by atoms with Crippen LogP contribution in [0.25, 0.3) is 0 Å². The first-order chi connectivity index (χ1) is 24.9. The van der Waals surface area contributed by atoms with Crippen LogP contribution in [-0.2, 0) is 21.2 Å². The Hall–Kier alpha value is -5.87. The summed E-state index contributed by atoms with van der Waals surface area (Å²) in [4.78, 5) is 64.5. The van der Waals surface area contributed by atoms with Crippen LogP contribution in [0.3, 0.4) is 0 Å². The zero-order chi connectivity index (χ0) is 38.9. The van der Waals surface area contributed by atoms with Gasteiger partial charge in [0.2, 0.25) is 15.9 Å². The molecule has 0 bridgehead atoms. The number of nitrogens with zero attached hydrogens (tertiary/aromatic N) is 2. The van der Waals surface area contributed by atoms with Gasteiger partial charge in [0.1, 0.15) is 28.9 Å². The van der Waals surface area contributed by atoms with E-state index >= 15 is 0 Å². The number of carbonyl (C=O) groups excluding carboxylic acids is 4. The van der Waals surface area contributed by atoms with Crippen LogP contribution in [0, 0.1) is 11.6 Å². The number of sulfonamides is 1. The third-order valence-electron chi connectivity index (χ3n) is 8.11. The van der Waals surface area contributed by atoms with Crippen LogP contribution in [0.5, 0.6) is 23.0 Å². The highest BCUT2D eigenvalue weighted by Crippen LogP contribution is 2.41. The molecule has 0 saturated carbocycles. The molecule has 18 nitrogen and oxygen atoms in total. The molecule has 53 heavy (non-hydrogen) atoms. The monoisotopic (exact) mass is 781 g/mol. The average Bonchev–Trinajstić information content (AvgIpc) is 3.50. The van der Waals surface area contributed by atoms with Gasteiger partial charge in [0.25, 0.3) is 5.91 Å². The summed E-state index contributed by atoms with van der Waals surface area (Å²) < 4.78 is 60.3. The van der Waals surface area contributed by atoms with E-state index in [9.17, 15) is 66.6 Å². The van der Waals surface area contributed by atoms with Gasteiger partial charge < -0.3 is 46.1 Å². The molecule has 5 rings (SSSR count). The van der Waals surface area contributed by atoms with Gasteiger partial charge in [-0.2, -0.15) is 0 Å². The Kier molecular flexibility index (Phi) is 10.9. The first kappa shape index (κ1) is 38.4. The third kappa shape index (κ3) is 7.83. The van der Waals surface area contributed by atoms with Gasteiger partial charge in [0, 0.05) is 17.7 Å². The number of phenols is 3. The lowest BCUT2D eigenvalue weighted by atomic mass is 9.72. The maximum atomic E-state index is 14.6. The number of carboxylic acid groups (broad SMARTS) is 1. The van der Waals surface area contributed by atoms with Crippen LogP contribution >= 0.6 is 11.6 Å². The molecule has 0 aromatic heterocycles. The molecule has 2 atom stereocenters. The van der Waals surface area contributed by atoms with Crippen LogP contribution in [-0.4, -0.2) is 111 Å². The Morgan fingerprint density at radius 2 is 1.70 bits per heavy atom. The second-order valence-electron chi connectivity index (χ2n) is 11.5. The fraction of sp³-hybridized carbons (Fsp3) is 0.233. The van der Waals surface area contributed by atoms with Gasteiger partial charge in [0.15, 0.2) is 17.3 Å². The van der Waals surface area contributed by atoms with Crippen LogP contribution in [0.4, 0.5) is 18.4 Å². The first-order valence-corrected chi connectivity index (χ1v) is 17.2. The molecule has 0 unspecified atom stereocenters. The van der Waals surface area contributed by atoms with Gasteiger partial charge in [-0.3, -0.25) is 9.59 Å². The number of rotatable bonds is 10. The topological polar surface area (TPSA) is 272 Å². The van der Waals surface area contributed by atoms with Crippen molar-refractivity contribution in [3.63, 3.8) is 0 Å². The molecule has 2 aliphatic rings. The number of carbonyl (C=O) groups is 5. The maximum absolute atomic E-state index is 14.6. The Morgan fingerprint density at radius 1 is 1.02 bits per heavy atom. The molecule has 0 radical (unpaired) electrons. The molecular weight excluding hydrogens is 755 g/mol. The second-order valence-corrected chi connectivity index (χ2v) is 13.9. The van der Waals surface area contributed by atoms with Gasteiger partial charge in [-0.25, -0.2) is 40.8 Å². The van der Waals surface area contributed by atoms with Crippen LogP contribution in [0.15, 0.2) is 42.5 Å². The number of halogens is 3. The average molecular weight is 782 g/mol. The van der Waals surface area contributed by atoms with Crippen LogP contribution < -0.4 is 20.6 Å². The third-order valence-corrected chi connectivity index (χ3v) is 10.2. The van der Waals surface area contributed by atoms with Crippen LogP contribution in [0.2, 0.25) is 5.02 Å². The maximum Gasteiger partial charge on any atom is 0.547 e. The minimum atomic E-state index is -4.45. The number of fused-ring (bicyclic) bond motifs is 1. The van der Waals surface area contributed by atoms with Gasteiger partial charge in [0.05, 0.1) is 29.8 Å². The Bertz CT molecular complexity index is 2130. The number of urea groups is 2. The van der Waals surface area contributed by atoms with E-state index < -0.39 is 129 Å². The van der Waals surface area contributed by atoms with Gasteiger partial charge in [-0.1, -0.05) is 17.7 Å². The van der Waals surface area contributed by atoms with Crippen molar-refractivity contribution >= 4 is 58.6 Å². The first-order valence-electron chi connectivity index (χ1n) is 15.2. The number of nitrogens with one attached hydrogen (secondary N) is 3. The van der Waals surface area contributed by atoms with Crippen molar-refractivity contribution in [3.05, 3.63) is 81.4 Å². The highest BCUT2D eigenvalue weighted by molar-refractivity contribution is 7.89. The molecule has 2 heterocycles. The lowest BCUT2D eigenvalue weighted by Crippen LogP contribution is -2.56. The molecule has 3 aromatic rings. The summed E-state index contributed by atoms with van der Waals surface area (Å²) in [6.45, 7) is -1.55. The molecule has 3 aromatic carbocycles. The van der Waals surface area contributed by atoms with E-state index in [0.29, 0.717) is 15.3 Å². The van der Waals surface area contributed by atoms with Crippen molar-refractivity contribution in [2.45, 2.75) is 18.4 Å². The summed E-state index contributed by atoms with van der Waals surface area (Å²) in [6.07, 6.45) is -0.362. The predicted molar refractivity (Wildman–Crippen MR) is 177 cm³/mol. The SMILES string of the molecule is O=C(NCCS(=O)(=O)N1CCN(C(=O)N[C@@H](C(=O)N[C@H]2Cc3ccc(F)c(C(=O)O)c3OB2O)c2cc(F)c(O)c(O)c2Cl)C1=O)c1ccc(O)cc1. The summed E-state index contributed by atoms with van der Waals surface area (Å²) in [6, 6.07) is 2.58. The molecular formula is C30H27BClF2N5O13S. The second kappa shape index (κ2) is 15.0. The minimum Gasteiger partial charge on any atom is -0.534 e. The smallest absolute Gasteiger partial charge is 0.534 e. The largest absolute Gasteiger partial charge is 0.547 e. The van der Waals surface area contributed by atoms with E-state index in [0.717, 1.165) is 12.1 Å². The number of aromatic carboxylic acids is 1.